The molecule has 2 aromatic rings. The van der Waals surface area contributed by atoms with Crippen LogP contribution in [0.1, 0.15) is 10.1 Å². The molecule has 3 heterocycles. The number of rotatable bonds is 3. The van der Waals surface area contributed by atoms with Crippen LogP contribution in [-0.2, 0) is 4.79 Å². The standard InChI is InChI=1S/C14H10OS3/c15-9-10-3-1-4-12(17-10)14-7-6-13(18-14)11-5-2-8-16-11/h1-9,12H. The molecule has 0 aromatic carbocycles. The van der Waals surface area contributed by atoms with Gasteiger partial charge in [-0.3, -0.25) is 4.79 Å². The van der Waals surface area contributed by atoms with E-state index in [1.807, 2.05) is 12.2 Å². The summed E-state index contributed by atoms with van der Waals surface area (Å²) >= 11 is 5.18. The normalized spacial score (nSPS) is 18.7. The van der Waals surface area contributed by atoms with E-state index in [1.165, 1.54) is 14.6 Å². The second-order valence-electron chi connectivity index (χ2n) is 3.79. The van der Waals surface area contributed by atoms with Crippen molar-refractivity contribution in [2.75, 3.05) is 0 Å². The van der Waals surface area contributed by atoms with E-state index >= 15 is 0 Å². The van der Waals surface area contributed by atoms with Crippen LogP contribution < -0.4 is 0 Å². The smallest absolute Gasteiger partial charge is 0.156 e. The number of hydrogen-bond donors (Lipinski definition) is 0. The van der Waals surface area contributed by atoms with E-state index < -0.39 is 0 Å². The molecule has 2 aromatic heterocycles. The highest BCUT2D eigenvalue weighted by Gasteiger charge is 2.16. The Bertz CT molecular complexity index is 605. The maximum Gasteiger partial charge on any atom is 0.156 e. The summed E-state index contributed by atoms with van der Waals surface area (Å²) in [4.78, 5) is 15.5. The number of hydrogen-bond acceptors (Lipinski definition) is 4. The van der Waals surface area contributed by atoms with Gasteiger partial charge in [-0.25, -0.2) is 0 Å². The van der Waals surface area contributed by atoms with Crippen molar-refractivity contribution in [2.24, 2.45) is 0 Å². The van der Waals surface area contributed by atoms with Crippen molar-refractivity contribution in [3.05, 3.63) is 57.7 Å². The highest BCUT2D eigenvalue weighted by molar-refractivity contribution is 8.04. The average molecular weight is 290 g/mol. The molecule has 1 aliphatic heterocycles. The Morgan fingerprint density at radius 1 is 1.17 bits per heavy atom. The lowest BCUT2D eigenvalue weighted by atomic mass is 10.3. The minimum atomic E-state index is 0.272. The lowest BCUT2D eigenvalue weighted by molar-refractivity contribution is -0.104. The Kier molecular flexibility index (Phi) is 3.50. The number of allylic oxidation sites excluding steroid dienone is 3. The summed E-state index contributed by atoms with van der Waals surface area (Å²) in [7, 11) is 0. The SMILES string of the molecule is O=CC1=CC=CC(c2ccc(-c3cccs3)s2)S1. The Morgan fingerprint density at radius 2 is 2.11 bits per heavy atom. The van der Waals surface area contributed by atoms with Gasteiger partial charge in [-0.2, -0.15) is 0 Å². The number of thiophene rings is 2. The van der Waals surface area contributed by atoms with Crippen molar-refractivity contribution >= 4 is 40.7 Å². The first-order valence-electron chi connectivity index (χ1n) is 5.51. The fourth-order valence-electron chi connectivity index (χ4n) is 1.75. The topological polar surface area (TPSA) is 17.1 Å². The van der Waals surface area contributed by atoms with E-state index in [0.717, 1.165) is 11.2 Å². The van der Waals surface area contributed by atoms with E-state index in [0.29, 0.717) is 0 Å². The fourth-order valence-corrected chi connectivity index (χ4v) is 4.72. The molecule has 1 unspecified atom stereocenters. The van der Waals surface area contributed by atoms with Gasteiger partial charge in [0.15, 0.2) is 6.29 Å². The lowest BCUT2D eigenvalue weighted by Crippen LogP contribution is -1.92. The quantitative estimate of drug-likeness (QED) is 0.748. The molecule has 1 aliphatic rings. The summed E-state index contributed by atoms with van der Waals surface area (Å²) in [5.41, 5.74) is 0. The van der Waals surface area contributed by atoms with Crippen molar-refractivity contribution in [3.8, 4) is 9.75 Å². The molecule has 0 spiro atoms. The third kappa shape index (κ3) is 2.36. The van der Waals surface area contributed by atoms with Crippen LogP contribution in [0, 0.1) is 0 Å². The molecule has 4 heteroatoms. The molecule has 0 fully saturated rings. The van der Waals surface area contributed by atoms with Crippen LogP contribution in [-0.4, -0.2) is 6.29 Å². The van der Waals surface area contributed by atoms with Crippen LogP contribution in [0.2, 0.25) is 0 Å². The van der Waals surface area contributed by atoms with E-state index in [4.69, 9.17) is 0 Å². The maximum absolute atomic E-state index is 10.8. The Balaban J connectivity index is 1.84. The number of aldehydes is 1. The molecule has 18 heavy (non-hydrogen) atoms. The first-order valence-corrected chi connectivity index (χ1v) is 8.08. The van der Waals surface area contributed by atoms with Crippen LogP contribution in [0.5, 0.6) is 0 Å². The van der Waals surface area contributed by atoms with Crippen molar-refractivity contribution in [2.45, 2.75) is 5.25 Å². The van der Waals surface area contributed by atoms with Crippen LogP contribution in [0.25, 0.3) is 9.75 Å². The molecule has 0 saturated carbocycles. The summed E-state index contributed by atoms with van der Waals surface area (Å²) in [6.07, 6.45) is 6.90. The van der Waals surface area contributed by atoms with Gasteiger partial charge in [-0.05, 0) is 29.7 Å². The third-order valence-electron chi connectivity index (χ3n) is 2.60. The first-order chi connectivity index (χ1) is 8.86. The van der Waals surface area contributed by atoms with Crippen molar-refractivity contribution in [3.63, 3.8) is 0 Å². The zero-order chi connectivity index (χ0) is 12.4. The highest BCUT2D eigenvalue weighted by atomic mass is 32.2. The highest BCUT2D eigenvalue weighted by Crippen LogP contribution is 2.43. The van der Waals surface area contributed by atoms with Crippen LogP contribution in [0.4, 0.5) is 0 Å². The summed E-state index contributed by atoms with van der Waals surface area (Å²) in [6.45, 7) is 0. The molecule has 1 nitrogen and oxygen atoms in total. The molecule has 0 bridgehead atoms. The molecular weight excluding hydrogens is 280 g/mol. The molecular formula is C14H10OS3. The lowest BCUT2D eigenvalue weighted by Gasteiger charge is -2.12. The van der Waals surface area contributed by atoms with Gasteiger partial charge in [0.05, 0.1) is 5.25 Å². The Morgan fingerprint density at radius 3 is 2.89 bits per heavy atom. The summed E-state index contributed by atoms with van der Waals surface area (Å²) < 4.78 is 0. The zero-order valence-electron chi connectivity index (χ0n) is 9.41. The number of thioether (sulfide) groups is 1. The van der Waals surface area contributed by atoms with Crippen LogP contribution in [0.15, 0.2) is 52.8 Å². The van der Waals surface area contributed by atoms with Gasteiger partial charge in [0.2, 0.25) is 0 Å². The predicted molar refractivity (Wildman–Crippen MR) is 81.3 cm³/mol. The number of carbonyl (C=O) groups is 1. The summed E-state index contributed by atoms with van der Waals surface area (Å²) in [5, 5.41) is 2.37. The van der Waals surface area contributed by atoms with Gasteiger partial charge < -0.3 is 0 Å². The van der Waals surface area contributed by atoms with Crippen molar-refractivity contribution < 1.29 is 4.79 Å². The van der Waals surface area contributed by atoms with Gasteiger partial charge in [-0.15, -0.1) is 34.4 Å². The van der Waals surface area contributed by atoms with Gasteiger partial charge in [0.25, 0.3) is 0 Å². The van der Waals surface area contributed by atoms with Crippen molar-refractivity contribution in [1.29, 1.82) is 0 Å². The molecule has 0 radical (unpaired) electrons. The minimum Gasteiger partial charge on any atom is -0.297 e. The number of carbonyl (C=O) groups excluding carboxylic acids is 1. The van der Waals surface area contributed by atoms with E-state index in [-0.39, 0.29) is 5.25 Å². The van der Waals surface area contributed by atoms with Crippen molar-refractivity contribution in [1.82, 2.24) is 0 Å². The monoisotopic (exact) mass is 290 g/mol. The molecule has 0 aliphatic carbocycles. The second kappa shape index (κ2) is 5.26. The molecule has 3 rings (SSSR count). The van der Waals surface area contributed by atoms with E-state index in [9.17, 15) is 4.79 Å². The first kappa shape index (κ1) is 12.0. The molecule has 1 atom stereocenters. The molecule has 0 amide bonds. The molecule has 90 valence electrons. The Hall–Kier alpha value is -1.10. The van der Waals surface area contributed by atoms with Gasteiger partial charge in [0, 0.05) is 19.5 Å². The van der Waals surface area contributed by atoms with Gasteiger partial charge in [-0.1, -0.05) is 18.2 Å². The van der Waals surface area contributed by atoms with Gasteiger partial charge in [0.1, 0.15) is 0 Å². The predicted octanol–water partition coefficient (Wildman–Crippen LogP) is 4.90. The zero-order valence-corrected chi connectivity index (χ0v) is 11.9. The second-order valence-corrected chi connectivity index (χ2v) is 7.07. The molecule has 0 N–H and O–H groups in total. The summed E-state index contributed by atoms with van der Waals surface area (Å²) in [5.74, 6) is 0. The summed E-state index contributed by atoms with van der Waals surface area (Å²) in [6, 6.07) is 8.54. The maximum atomic E-state index is 10.8. The average Bonchev–Trinajstić information content (AvgIpc) is 3.09. The third-order valence-corrected chi connectivity index (χ3v) is 6.15. The Labute approximate surface area is 118 Å². The minimum absolute atomic E-state index is 0.272. The van der Waals surface area contributed by atoms with Gasteiger partial charge >= 0.3 is 0 Å². The van der Waals surface area contributed by atoms with Crippen LogP contribution >= 0.6 is 34.4 Å². The fraction of sp³-hybridized carbons (Fsp3) is 0.0714. The largest absolute Gasteiger partial charge is 0.297 e. The molecule has 0 saturated heterocycles. The van der Waals surface area contributed by atoms with Crippen LogP contribution in [0.3, 0.4) is 0 Å². The van der Waals surface area contributed by atoms with E-state index in [1.54, 1.807) is 34.4 Å². The van der Waals surface area contributed by atoms with E-state index in [2.05, 4.69) is 35.7 Å².